The number of hydrogen-bond donors (Lipinski definition) is 0. The van der Waals surface area contributed by atoms with Crippen molar-refractivity contribution in [3.63, 3.8) is 0 Å². The van der Waals surface area contributed by atoms with Gasteiger partial charge in [-0.1, -0.05) is 0 Å². The molecule has 0 aromatic heterocycles. The third kappa shape index (κ3) is 6.49. The van der Waals surface area contributed by atoms with Crippen LogP contribution >= 0.6 is 0 Å². The Bertz CT molecular complexity index is 1640. The van der Waals surface area contributed by atoms with Crippen LogP contribution in [-0.4, -0.2) is 3.21 Å². The molecule has 2 aliphatic carbocycles. The van der Waals surface area contributed by atoms with Gasteiger partial charge in [0.15, 0.2) is 0 Å². The van der Waals surface area contributed by atoms with Crippen molar-refractivity contribution in [3.05, 3.63) is 151 Å². The molecule has 1 unspecified atom stereocenters. The van der Waals surface area contributed by atoms with E-state index in [1.807, 2.05) is 0 Å². The van der Waals surface area contributed by atoms with Crippen LogP contribution in [0.15, 0.2) is 118 Å². The number of halogens is 2. The van der Waals surface area contributed by atoms with Crippen LogP contribution in [0.2, 0.25) is 0 Å². The first-order chi connectivity index (χ1) is 19.9. The van der Waals surface area contributed by atoms with Gasteiger partial charge in [0.25, 0.3) is 0 Å². The van der Waals surface area contributed by atoms with Gasteiger partial charge in [-0.05, 0) is 0 Å². The van der Waals surface area contributed by atoms with E-state index in [2.05, 4.69) is 165 Å². The van der Waals surface area contributed by atoms with Gasteiger partial charge in [-0.25, -0.2) is 0 Å². The van der Waals surface area contributed by atoms with Gasteiger partial charge in [-0.15, -0.1) is 0 Å². The fourth-order valence-electron chi connectivity index (χ4n) is 6.91. The Balaban J connectivity index is 0.00000221. The third-order valence-corrected chi connectivity index (χ3v) is 17.9. The molecule has 0 saturated carbocycles. The van der Waals surface area contributed by atoms with E-state index >= 15 is 0 Å². The predicted molar refractivity (Wildman–Crippen MR) is 178 cm³/mol. The molecule has 0 fully saturated rings. The summed E-state index contributed by atoms with van der Waals surface area (Å²) in [7, 11) is 0. The van der Waals surface area contributed by atoms with E-state index in [1.165, 1.54) is 50.1 Å². The standard InChI is InChI=1S/C21H26.C13H9.C7H9.2ClH.Zr/c1-20(2,3)18-11-7-16(8-12-18)15-17-9-13-19(14-10-17)21(4,5)6;1-3-7-12-10(5-1)9-11-6-2-4-8-13(11)12;1-6-3-4-7(2)5-6;;;/h7-14H,1-6H3;1-9H;3,5,7H,1-2H3;2*1H;/q;;;;;+2/p-2. The van der Waals surface area contributed by atoms with Gasteiger partial charge >= 0.3 is 263 Å². The van der Waals surface area contributed by atoms with Crippen molar-refractivity contribution >= 4 is 3.21 Å². The maximum atomic E-state index is 2.57. The molecule has 0 saturated heterocycles. The molecule has 4 aromatic carbocycles. The molecule has 4 aromatic rings. The summed E-state index contributed by atoms with van der Waals surface area (Å²) in [6.07, 6.45) is 5.06. The van der Waals surface area contributed by atoms with E-state index in [9.17, 15) is 0 Å². The molecule has 0 heterocycles. The quantitative estimate of drug-likeness (QED) is 0.290. The van der Waals surface area contributed by atoms with Crippen molar-refractivity contribution in [1.29, 1.82) is 0 Å². The number of hydrogen-bond acceptors (Lipinski definition) is 0. The fraction of sp³-hybridized carbons (Fsp3) is 0.293. The first-order valence-corrected chi connectivity index (χ1v) is 19.4. The second-order valence-corrected chi connectivity index (χ2v) is 20.5. The second kappa shape index (κ2) is 13.2. The van der Waals surface area contributed by atoms with Gasteiger partial charge in [0.05, 0.1) is 0 Å². The zero-order chi connectivity index (χ0) is 29.8. The molecule has 3 heteroatoms. The first kappa shape index (κ1) is 34.6. The zero-order valence-electron chi connectivity index (χ0n) is 27.3. The minimum atomic E-state index is -2.72. The third-order valence-electron chi connectivity index (χ3n) is 9.17. The van der Waals surface area contributed by atoms with E-state index in [1.54, 1.807) is 6.49 Å². The van der Waals surface area contributed by atoms with Crippen molar-refractivity contribution in [2.45, 2.75) is 69.8 Å². The Morgan fingerprint density at radius 1 is 0.591 bits per heavy atom. The Labute approximate surface area is 285 Å². The van der Waals surface area contributed by atoms with Crippen LogP contribution in [0.5, 0.6) is 0 Å². The van der Waals surface area contributed by atoms with Gasteiger partial charge in [0.1, 0.15) is 0 Å². The molecule has 6 rings (SSSR count). The number of allylic oxidation sites excluding steroid dienone is 4. The summed E-state index contributed by atoms with van der Waals surface area (Å²) in [5, 5.41) is 0. The smallest absolute Gasteiger partial charge is 1.00 e. The van der Waals surface area contributed by atoms with Crippen LogP contribution in [0.3, 0.4) is 0 Å². The second-order valence-electron chi connectivity index (χ2n) is 14.3. The van der Waals surface area contributed by atoms with Crippen molar-refractivity contribution in [2.24, 2.45) is 5.92 Å². The van der Waals surface area contributed by atoms with E-state index in [-0.39, 0.29) is 35.6 Å². The van der Waals surface area contributed by atoms with Gasteiger partial charge < -0.3 is 24.8 Å². The fourth-order valence-corrected chi connectivity index (χ4v) is 16.6. The summed E-state index contributed by atoms with van der Waals surface area (Å²) in [6.45, 7) is 18.6. The predicted octanol–water partition coefficient (Wildman–Crippen LogP) is 4.73. The molecule has 226 valence electrons. The summed E-state index contributed by atoms with van der Waals surface area (Å²) in [5.41, 5.74) is 13.2. The maximum absolute atomic E-state index is 2.72. The monoisotopic (exact) mass is 696 g/mol. The molecule has 0 nitrogen and oxygen atoms in total. The average molecular weight is 699 g/mol. The van der Waals surface area contributed by atoms with Crippen LogP contribution in [0, 0.1) is 5.92 Å². The van der Waals surface area contributed by atoms with Crippen LogP contribution in [-0.2, 0) is 32.1 Å². The van der Waals surface area contributed by atoms with E-state index in [4.69, 9.17) is 0 Å². The molecular formula is C41H44Cl2Zr. The van der Waals surface area contributed by atoms with Crippen molar-refractivity contribution in [2.75, 3.05) is 0 Å². The van der Waals surface area contributed by atoms with E-state index in [0.717, 1.165) is 0 Å². The number of fused-ring (bicyclic) bond motifs is 3. The van der Waals surface area contributed by atoms with Gasteiger partial charge in [0.2, 0.25) is 0 Å². The number of benzene rings is 4. The van der Waals surface area contributed by atoms with E-state index in [0.29, 0.717) is 9.54 Å². The Morgan fingerprint density at radius 3 is 1.36 bits per heavy atom. The first-order valence-electron chi connectivity index (χ1n) is 15.5. The van der Waals surface area contributed by atoms with Crippen LogP contribution in [0.1, 0.15) is 92.4 Å². The van der Waals surface area contributed by atoms with Gasteiger partial charge in [-0.2, -0.15) is 0 Å². The van der Waals surface area contributed by atoms with Crippen LogP contribution in [0.4, 0.5) is 0 Å². The molecule has 0 amide bonds. The number of rotatable bonds is 4. The summed E-state index contributed by atoms with van der Waals surface area (Å²) in [5.74, 6) is 0.469. The zero-order valence-corrected chi connectivity index (χ0v) is 31.3. The molecule has 1 atom stereocenters. The molecule has 2 aliphatic rings. The molecular weight excluding hydrogens is 655 g/mol. The van der Waals surface area contributed by atoms with Crippen molar-refractivity contribution in [3.8, 4) is 11.1 Å². The molecule has 0 N–H and O–H groups in total. The maximum Gasteiger partial charge on any atom is -1.00 e. The summed E-state index contributed by atoms with van der Waals surface area (Å²) in [6, 6.07) is 37.7. The Kier molecular flexibility index (Phi) is 10.4. The normalized spacial score (nSPS) is 15.6. The van der Waals surface area contributed by atoms with Crippen molar-refractivity contribution in [1.82, 2.24) is 0 Å². The molecule has 0 aliphatic heterocycles. The summed E-state index contributed by atoms with van der Waals surface area (Å²) in [4.78, 5) is 0. The molecule has 44 heavy (non-hydrogen) atoms. The van der Waals surface area contributed by atoms with Crippen LogP contribution < -0.4 is 24.8 Å². The molecule has 0 radical (unpaired) electrons. The average Bonchev–Trinajstić information content (AvgIpc) is 3.47. The topological polar surface area (TPSA) is 0 Å². The van der Waals surface area contributed by atoms with Crippen LogP contribution in [0.25, 0.3) is 11.1 Å². The Morgan fingerprint density at radius 2 is 1.00 bits per heavy atom. The van der Waals surface area contributed by atoms with Gasteiger partial charge in [-0.3, -0.25) is 0 Å². The minimum absolute atomic E-state index is 0. The summed E-state index contributed by atoms with van der Waals surface area (Å²) >= 11 is -2.72. The molecule has 0 bridgehead atoms. The molecule has 0 spiro atoms. The SMILES string of the molecule is CC1=CC(C)[C]([Zr+2](=[C](c2ccc(C(C)(C)C)cc2)c2ccc(C(C)(C)C)cc2)[CH]2c3ccccc3-c3ccccc32)=C1.[Cl-].[Cl-]. The van der Waals surface area contributed by atoms with Gasteiger partial charge in [0, 0.05) is 0 Å². The van der Waals surface area contributed by atoms with E-state index < -0.39 is 21.3 Å². The largest absolute Gasteiger partial charge is 1.00 e. The van der Waals surface area contributed by atoms with Crippen molar-refractivity contribution < 1.29 is 46.1 Å². The Hall–Kier alpha value is -2.31. The minimum Gasteiger partial charge on any atom is -1.00 e. The summed E-state index contributed by atoms with van der Waals surface area (Å²) < 4.78 is 3.77.